The van der Waals surface area contributed by atoms with E-state index in [1.54, 1.807) is 4.31 Å². The van der Waals surface area contributed by atoms with Gasteiger partial charge in [0, 0.05) is 25.7 Å². The molecule has 0 atom stereocenters. The molecule has 0 spiro atoms. The van der Waals surface area contributed by atoms with E-state index in [0.29, 0.717) is 19.6 Å². The first-order chi connectivity index (χ1) is 8.11. The normalized spacial score (nSPS) is 18.8. The van der Waals surface area contributed by atoms with Crippen molar-refractivity contribution >= 4 is 10.2 Å². The van der Waals surface area contributed by atoms with Gasteiger partial charge in [-0.3, -0.25) is 0 Å². The highest BCUT2D eigenvalue weighted by atomic mass is 32.2. The van der Waals surface area contributed by atoms with E-state index < -0.39 is 10.2 Å². The van der Waals surface area contributed by atoms with Gasteiger partial charge < -0.3 is 5.73 Å². The van der Waals surface area contributed by atoms with Crippen LogP contribution in [0.5, 0.6) is 0 Å². The Bertz CT molecular complexity index is 300. The van der Waals surface area contributed by atoms with Gasteiger partial charge in [0.1, 0.15) is 0 Å². The molecule has 0 aromatic carbocycles. The summed E-state index contributed by atoms with van der Waals surface area (Å²) in [7, 11) is -3.34. The molecule has 0 aromatic rings. The van der Waals surface area contributed by atoms with Crippen LogP contribution in [-0.4, -0.2) is 38.4 Å². The lowest BCUT2D eigenvalue weighted by Gasteiger charge is -2.33. The van der Waals surface area contributed by atoms with Crippen LogP contribution in [0.3, 0.4) is 0 Å². The van der Waals surface area contributed by atoms with Gasteiger partial charge in [0.2, 0.25) is 0 Å². The fraction of sp³-hybridized carbons (Fsp3) is 1.00. The van der Waals surface area contributed by atoms with Crippen molar-refractivity contribution in [2.75, 3.05) is 19.6 Å². The number of nitrogens with zero attached hydrogens (tertiary/aromatic N) is 1. The summed E-state index contributed by atoms with van der Waals surface area (Å²) >= 11 is 0. The third kappa shape index (κ3) is 4.54. The Morgan fingerprint density at radius 2 is 1.94 bits per heavy atom. The maximum Gasteiger partial charge on any atom is 0.279 e. The molecule has 0 aliphatic heterocycles. The predicted octanol–water partition coefficient (Wildman–Crippen LogP) is 0.824. The number of nitrogens with two attached hydrogens (primary N) is 1. The summed E-state index contributed by atoms with van der Waals surface area (Å²) < 4.78 is 28.5. The Kier molecular flexibility index (Phi) is 6.40. The van der Waals surface area contributed by atoms with Gasteiger partial charge in [-0.2, -0.15) is 12.7 Å². The standard InChI is InChI=1S/C11H25N3O2S/c1-2-9-13-17(15,16)14(10-8-12)11-6-4-3-5-7-11/h11,13H,2-10,12H2,1H3. The van der Waals surface area contributed by atoms with Gasteiger partial charge in [0.05, 0.1) is 0 Å². The molecule has 1 aliphatic carbocycles. The third-order valence-corrected chi connectivity index (χ3v) is 4.84. The Morgan fingerprint density at radius 3 is 2.47 bits per heavy atom. The average Bonchev–Trinajstić information content (AvgIpc) is 2.34. The highest BCUT2D eigenvalue weighted by molar-refractivity contribution is 7.87. The highest BCUT2D eigenvalue weighted by Gasteiger charge is 2.29. The monoisotopic (exact) mass is 263 g/mol. The molecule has 0 heterocycles. The Hall–Kier alpha value is -0.170. The summed E-state index contributed by atoms with van der Waals surface area (Å²) in [6.45, 7) is 3.25. The van der Waals surface area contributed by atoms with Crippen molar-refractivity contribution in [3.63, 3.8) is 0 Å². The molecule has 0 radical (unpaired) electrons. The van der Waals surface area contributed by atoms with E-state index in [1.807, 2.05) is 6.92 Å². The second kappa shape index (κ2) is 7.31. The molecule has 1 aliphatic rings. The summed E-state index contributed by atoms with van der Waals surface area (Å²) in [5.74, 6) is 0. The Labute approximate surface area is 105 Å². The van der Waals surface area contributed by atoms with E-state index in [-0.39, 0.29) is 6.04 Å². The van der Waals surface area contributed by atoms with Crippen LogP contribution < -0.4 is 10.5 Å². The number of rotatable bonds is 7. The summed E-state index contributed by atoms with van der Waals surface area (Å²) in [6, 6.07) is 0.140. The zero-order chi connectivity index (χ0) is 12.7. The third-order valence-electron chi connectivity index (χ3n) is 3.17. The SMILES string of the molecule is CCCNS(=O)(=O)N(CCN)C1CCCCC1. The van der Waals surface area contributed by atoms with Gasteiger partial charge in [-0.15, -0.1) is 0 Å². The molecule has 0 saturated heterocycles. The fourth-order valence-electron chi connectivity index (χ4n) is 2.31. The summed E-state index contributed by atoms with van der Waals surface area (Å²) in [4.78, 5) is 0. The molecular formula is C11H25N3O2S. The minimum Gasteiger partial charge on any atom is -0.329 e. The van der Waals surface area contributed by atoms with Gasteiger partial charge >= 0.3 is 0 Å². The topological polar surface area (TPSA) is 75.4 Å². The molecule has 0 bridgehead atoms. The summed E-state index contributed by atoms with van der Waals surface area (Å²) in [5.41, 5.74) is 5.53. The lowest BCUT2D eigenvalue weighted by atomic mass is 9.95. The molecule has 0 amide bonds. The molecular weight excluding hydrogens is 238 g/mol. The predicted molar refractivity (Wildman–Crippen MR) is 69.8 cm³/mol. The molecule has 0 aromatic heterocycles. The van der Waals surface area contributed by atoms with Crippen LogP contribution in [-0.2, 0) is 10.2 Å². The van der Waals surface area contributed by atoms with E-state index in [4.69, 9.17) is 5.73 Å². The van der Waals surface area contributed by atoms with E-state index in [9.17, 15) is 8.42 Å². The smallest absolute Gasteiger partial charge is 0.279 e. The van der Waals surface area contributed by atoms with Crippen LogP contribution in [0.25, 0.3) is 0 Å². The number of hydrogen-bond donors (Lipinski definition) is 2. The minimum atomic E-state index is -3.34. The highest BCUT2D eigenvalue weighted by Crippen LogP contribution is 2.23. The molecule has 3 N–H and O–H groups in total. The molecule has 102 valence electrons. The quantitative estimate of drug-likeness (QED) is 0.714. The Morgan fingerprint density at radius 1 is 1.29 bits per heavy atom. The maximum absolute atomic E-state index is 12.1. The second-order valence-corrected chi connectivity index (χ2v) is 6.30. The van der Waals surface area contributed by atoms with Crippen molar-refractivity contribution in [1.29, 1.82) is 0 Å². The van der Waals surface area contributed by atoms with Gasteiger partial charge in [0.15, 0.2) is 0 Å². The van der Waals surface area contributed by atoms with Crippen LogP contribution in [0.15, 0.2) is 0 Å². The van der Waals surface area contributed by atoms with Gasteiger partial charge in [-0.25, -0.2) is 4.72 Å². The van der Waals surface area contributed by atoms with Crippen molar-refractivity contribution in [2.24, 2.45) is 5.73 Å². The van der Waals surface area contributed by atoms with Crippen molar-refractivity contribution in [2.45, 2.75) is 51.5 Å². The molecule has 1 rings (SSSR count). The van der Waals surface area contributed by atoms with E-state index in [0.717, 1.165) is 32.1 Å². The van der Waals surface area contributed by atoms with Crippen LogP contribution in [0, 0.1) is 0 Å². The lowest BCUT2D eigenvalue weighted by molar-refractivity contribution is 0.254. The molecule has 1 saturated carbocycles. The van der Waals surface area contributed by atoms with Crippen LogP contribution in [0.2, 0.25) is 0 Å². The first-order valence-corrected chi connectivity index (χ1v) is 8.02. The fourth-order valence-corrected chi connectivity index (χ4v) is 3.89. The summed E-state index contributed by atoms with van der Waals surface area (Å²) in [5, 5.41) is 0. The average molecular weight is 263 g/mol. The van der Waals surface area contributed by atoms with Crippen molar-refractivity contribution < 1.29 is 8.42 Å². The van der Waals surface area contributed by atoms with Crippen LogP contribution in [0.1, 0.15) is 45.4 Å². The number of nitrogens with one attached hydrogen (secondary N) is 1. The largest absolute Gasteiger partial charge is 0.329 e. The van der Waals surface area contributed by atoms with E-state index in [1.165, 1.54) is 6.42 Å². The van der Waals surface area contributed by atoms with Gasteiger partial charge in [-0.05, 0) is 19.3 Å². The molecule has 5 nitrogen and oxygen atoms in total. The van der Waals surface area contributed by atoms with Crippen molar-refractivity contribution in [3.05, 3.63) is 0 Å². The zero-order valence-corrected chi connectivity index (χ0v) is 11.5. The first-order valence-electron chi connectivity index (χ1n) is 6.58. The van der Waals surface area contributed by atoms with Gasteiger partial charge in [-0.1, -0.05) is 26.2 Å². The lowest BCUT2D eigenvalue weighted by Crippen LogP contribution is -2.49. The van der Waals surface area contributed by atoms with Crippen molar-refractivity contribution in [3.8, 4) is 0 Å². The number of hydrogen-bond acceptors (Lipinski definition) is 3. The molecule has 17 heavy (non-hydrogen) atoms. The second-order valence-electron chi connectivity index (χ2n) is 4.59. The van der Waals surface area contributed by atoms with Crippen LogP contribution >= 0.6 is 0 Å². The van der Waals surface area contributed by atoms with E-state index >= 15 is 0 Å². The summed E-state index contributed by atoms with van der Waals surface area (Å²) in [6.07, 6.45) is 6.19. The van der Waals surface area contributed by atoms with E-state index in [2.05, 4.69) is 4.72 Å². The van der Waals surface area contributed by atoms with Crippen LogP contribution in [0.4, 0.5) is 0 Å². The molecule has 1 fully saturated rings. The Balaban J connectivity index is 2.68. The van der Waals surface area contributed by atoms with Gasteiger partial charge in [0.25, 0.3) is 10.2 Å². The molecule has 6 heteroatoms. The minimum absolute atomic E-state index is 0.140. The molecule has 0 unspecified atom stereocenters. The zero-order valence-electron chi connectivity index (χ0n) is 10.7. The van der Waals surface area contributed by atoms with Crippen molar-refractivity contribution in [1.82, 2.24) is 9.03 Å². The maximum atomic E-state index is 12.1. The first kappa shape index (κ1) is 14.9.